The van der Waals surface area contributed by atoms with Crippen LogP contribution in [0.3, 0.4) is 0 Å². The Morgan fingerprint density at radius 2 is 2.35 bits per heavy atom. The highest BCUT2D eigenvalue weighted by atomic mass is 32.2. The normalized spacial score (nSPS) is 17.5. The first-order chi connectivity index (χ1) is 8.25. The van der Waals surface area contributed by atoms with Crippen molar-refractivity contribution in [3.63, 3.8) is 0 Å². The molecule has 0 bridgehead atoms. The molecule has 1 aliphatic rings. The third-order valence-corrected chi connectivity index (χ3v) is 3.77. The highest BCUT2D eigenvalue weighted by Crippen LogP contribution is 2.18. The smallest absolute Gasteiger partial charge is 0.297 e. The van der Waals surface area contributed by atoms with Crippen molar-refractivity contribution >= 4 is 17.8 Å². The fourth-order valence-corrected chi connectivity index (χ4v) is 2.66. The lowest BCUT2D eigenvalue weighted by Gasteiger charge is -2.16. The quantitative estimate of drug-likeness (QED) is 0.892. The van der Waals surface area contributed by atoms with Gasteiger partial charge in [-0.1, -0.05) is 13.8 Å². The Bertz CT molecular complexity index is 332. The first kappa shape index (κ1) is 12.8. The minimum Gasteiger partial charge on any atom is -0.432 e. The molecule has 0 aliphatic carbocycles. The van der Waals surface area contributed by atoms with Crippen molar-refractivity contribution in [2.24, 2.45) is 0 Å². The van der Waals surface area contributed by atoms with E-state index in [0.717, 1.165) is 31.3 Å². The molecule has 0 amide bonds. The second-order valence-electron chi connectivity index (χ2n) is 4.61. The van der Waals surface area contributed by atoms with Gasteiger partial charge in [0.1, 0.15) is 6.26 Å². The van der Waals surface area contributed by atoms with E-state index >= 15 is 0 Å². The molecule has 1 aromatic heterocycles. The van der Waals surface area contributed by atoms with Crippen molar-refractivity contribution in [3.8, 4) is 0 Å². The van der Waals surface area contributed by atoms with E-state index in [-0.39, 0.29) is 0 Å². The molecule has 1 aromatic rings. The molecule has 96 valence electrons. The van der Waals surface area contributed by atoms with E-state index in [9.17, 15) is 0 Å². The molecule has 0 saturated carbocycles. The second kappa shape index (κ2) is 6.31. The highest BCUT2D eigenvalue weighted by molar-refractivity contribution is 7.99. The molecule has 1 saturated heterocycles. The summed E-state index contributed by atoms with van der Waals surface area (Å²) in [5.74, 6) is 2.42. The average Bonchev–Trinajstić information content (AvgIpc) is 2.60. The van der Waals surface area contributed by atoms with Gasteiger partial charge in [0.15, 0.2) is 0 Å². The number of rotatable bonds is 4. The third kappa shape index (κ3) is 3.92. The molecule has 1 N–H and O–H groups in total. The van der Waals surface area contributed by atoms with Crippen molar-refractivity contribution < 1.29 is 4.42 Å². The molecule has 0 atom stereocenters. The van der Waals surface area contributed by atoms with E-state index in [2.05, 4.69) is 29.0 Å². The van der Waals surface area contributed by atoms with Gasteiger partial charge in [-0.15, -0.1) is 0 Å². The lowest BCUT2D eigenvalue weighted by Crippen LogP contribution is -2.26. The Kier molecular flexibility index (Phi) is 4.74. The first-order valence-corrected chi connectivity index (χ1v) is 7.41. The lowest BCUT2D eigenvalue weighted by atomic mass is 10.4. The Hall–Kier alpha value is -0.680. The Morgan fingerprint density at radius 1 is 1.47 bits per heavy atom. The molecule has 2 rings (SSSR count). The summed E-state index contributed by atoms with van der Waals surface area (Å²) >= 11 is 2.01. The van der Waals surface area contributed by atoms with Gasteiger partial charge >= 0.3 is 0 Å². The van der Waals surface area contributed by atoms with Crippen LogP contribution in [0.1, 0.15) is 26.0 Å². The van der Waals surface area contributed by atoms with E-state index < -0.39 is 0 Å². The van der Waals surface area contributed by atoms with Gasteiger partial charge in [-0.05, 0) is 12.2 Å². The Labute approximate surface area is 107 Å². The van der Waals surface area contributed by atoms with Crippen molar-refractivity contribution in [2.75, 3.05) is 29.5 Å². The maximum atomic E-state index is 5.56. The molecule has 1 aliphatic heterocycles. The van der Waals surface area contributed by atoms with Gasteiger partial charge in [-0.3, -0.25) is 0 Å². The number of aromatic nitrogens is 1. The lowest BCUT2D eigenvalue weighted by molar-refractivity contribution is 0.533. The molecule has 1 fully saturated rings. The van der Waals surface area contributed by atoms with Crippen LogP contribution in [0.15, 0.2) is 10.7 Å². The molecule has 4 nitrogen and oxygen atoms in total. The zero-order valence-corrected chi connectivity index (χ0v) is 11.4. The topological polar surface area (TPSA) is 41.3 Å². The maximum Gasteiger partial charge on any atom is 0.297 e. The van der Waals surface area contributed by atoms with Crippen LogP contribution >= 0.6 is 11.8 Å². The minimum absolute atomic E-state index is 0.477. The number of oxazole rings is 1. The van der Waals surface area contributed by atoms with Crippen molar-refractivity contribution in [1.82, 2.24) is 10.3 Å². The molecule has 17 heavy (non-hydrogen) atoms. The SMILES string of the molecule is CC(C)NCc1coc(N2CCCSCC2)n1. The summed E-state index contributed by atoms with van der Waals surface area (Å²) in [6, 6.07) is 1.26. The van der Waals surface area contributed by atoms with Gasteiger partial charge in [0, 0.05) is 31.4 Å². The highest BCUT2D eigenvalue weighted by Gasteiger charge is 2.15. The van der Waals surface area contributed by atoms with Gasteiger partial charge in [-0.2, -0.15) is 16.7 Å². The van der Waals surface area contributed by atoms with Crippen LogP contribution in [-0.2, 0) is 6.54 Å². The predicted octanol–water partition coefficient (Wildman–Crippen LogP) is 2.12. The molecule has 0 unspecified atom stereocenters. The summed E-state index contributed by atoms with van der Waals surface area (Å²) in [6.45, 7) is 7.15. The van der Waals surface area contributed by atoms with Gasteiger partial charge in [-0.25, -0.2) is 0 Å². The number of nitrogens with one attached hydrogen (secondary N) is 1. The van der Waals surface area contributed by atoms with Gasteiger partial charge in [0.25, 0.3) is 6.01 Å². The summed E-state index contributed by atoms with van der Waals surface area (Å²) < 4.78 is 5.56. The molecule has 2 heterocycles. The van der Waals surface area contributed by atoms with E-state index in [1.54, 1.807) is 6.26 Å². The van der Waals surface area contributed by atoms with Crippen LogP contribution < -0.4 is 10.2 Å². The maximum absolute atomic E-state index is 5.56. The molecule has 5 heteroatoms. The largest absolute Gasteiger partial charge is 0.432 e. The number of anilines is 1. The zero-order chi connectivity index (χ0) is 12.1. The van der Waals surface area contributed by atoms with Gasteiger partial charge in [0.05, 0.1) is 5.69 Å². The number of hydrogen-bond acceptors (Lipinski definition) is 5. The van der Waals surface area contributed by atoms with Crippen LogP contribution in [0, 0.1) is 0 Å². The van der Waals surface area contributed by atoms with Gasteiger partial charge < -0.3 is 14.6 Å². The van der Waals surface area contributed by atoms with Crippen molar-refractivity contribution in [1.29, 1.82) is 0 Å². The van der Waals surface area contributed by atoms with Crippen LogP contribution in [0.25, 0.3) is 0 Å². The fourth-order valence-electron chi connectivity index (χ4n) is 1.77. The predicted molar refractivity (Wildman–Crippen MR) is 72.6 cm³/mol. The van der Waals surface area contributed by atoms with Gasteiger partial charge in [0.2, 0.25) is 0 Å². The van der Waals surface area contributed by atoms with E-state index in [1.165, 1.54) is 17.9 Å². The summed E-state index contributed by atoms with van der Waals surface area (Å²) in [6.07, 6.45) is 2.98. The second-order valence-corrected chi connectivity index (χ2v) is 5.83. The number of nitrogens with zero attached hydrogens (tertiary/aromatic N) is 2. The van der Waals surface area contributed by atoms with Crippen LogP contribution in [-0.4, -0.2) is 35.6 Å². The summed E-state index contributed by atoms with van der Waals surface area (Å²) in [5.41, 5.74) is 0.991. The monoisotopic (exact) mass is 255 g/mol. The fraction of sp³-hybridized carbons (Fsp3) is 0.750. The summed E-state index contributed by atoms with van der Waals surface area (Å²) in [4.78, 5) is 6.78. The van der Waals surface area contributed by atoms with Crippen LogP contribution in [0.4, 0.5) is 6.01 Å². The Morgan fingerprint density at radius 3 is 3.18 bits per heavy atom. The first-order valence-electron chi connectivity index (χ1n) is 6.26. The summed E-state index contributed by atoms with van der Waals surface area (Å²) in [7, 11) is 0. The standard InChI is InChI=1S/C12H21N3OS/c1-10(2)13-8-11-9-16-12(14-11)15-4-3-6-17-7-5-15/h9-10,13H,3-8H2,1-2H3. The number of thioether (sulfide) groups is 1. The molecular weight excluding hydrogens is 234 g/mol. The van der Waals surface area contributed by atoms with Crippen molar-refractivity contribution in [3.05, 3.63) is 12.0 Å². The number of hydrogen-bond donors (Lipinski definition) is 1. The van der Waals surface area contributed by atoms with Crippen LogP contribution in [0.2, 0.25) is 0 Å². The van der Waals surface area contributed by atoms with E-state index in [0.29, 0.717) is 6.04 Å². The molecular formula is C12H21N3OS. The van der Waals surface area contributed by atoms with E-state index in [4.69, 9.17) is 4.42 Å². The minimum atomic E-state index is 0.477. The van der Waals surface area contributed by atoms with E-state index in [1.807, 2.05) is 11.8 Å². The molecule has 0 radical (unpaired) electrons. The zero-order valence-electron chi connectivity index (χ0n) is 10.6. The summed E-state index contributed by atoms with van der Waals surface area (Å²) in [5, 5.41) is 3.35. The van der Waals surface area contributed by atoms with Crippen LogP contribution in [0.5, 0.6) is 0 Å². The van der Waals surface area contributed by atoms with Crippen molar-refractivity contribution in [2.45, 2.75) is 32.9 Å². The average molecular weight is 255 g/mol. The molecule has 0 aromatic carbocycles. The Balaban J connectivity index is 1.92. The third-order valence-electron chi connectivity index (χ3n) is 2.72. The molecule has 0 spiro atoms.